The second-order valence-electron chi connectivity index (χ2n) is 4.70. The Morgan fingerprint density at radius 2 is 1.56 bits per heavy atom. The van der Waals surface area contributed by atoms with E-state index in [1.54, 1.807) is 4.90 Å². The second kappa shape index (κ2) is 9.69. The van der Waals surface area contributed by atoms with Gasteiger partial charge in [-0.25, -0.2) is 0 Å². The third-order valence-corrected chi connectivity index (χ3v) is 3.16. The Kier molecular flexibility index (Phi) is 7.94. The molecule has 0 aromatic heterocycles. The summed E-state index contributed by atoms with van der Waals surface area (Å²) in [5.41, 5.74) is 0.943. The van der Waals surface area contributed by atoms with Crippen LogP contribution in [0.1, 0.15) is 51.9 Å². The van der Waals surface area contributed by atoms with Gasteiger partial charge in [-0.15, -0.1) is 0 Å². The molecule has 0 unspecified atom stereocenters. The van der Waals surface area contributed by atoms with E-state index in [0.29, 0.717) is 0 Å². The second-order valence-corrected chi connectivity index (χ2v) is 4.70. The summed E-state index contributed by atoms with van der Waals surface area (Å²) >= 11 is 0. The van der Waals surface area contributed by atoms with Crippen LogP contribution in [0.2, 0.25) is 0 Å². The molecule has 1 rings (SSSR count). The Balaban J connectivity index is 2.15. The number of unbranched alkanes of at least 4 members (excludes halogenated alkanes) is 6. The average molecular weight is 246 g/mol. The normalized spacial score (nSPS) is 10.3. The number of nitrogens with zero attached hydrogens (tertiary/aromatic N) is 1. The smallest absolute Gasteiger partial charge is 0.304 e. The molecule has 0 aliphatic heterocycles. The molecule has 1 aromatic carbocycles. The Morgan fingerprint density at radius 1 is 0.944 bits per heavy atom. The van der Waals surface area contributed by atoms with Crippen LogP contribution in [0.5, 0.6) is 0 Å². The molecule has 18 heavy (non-hydrogen) atoms. The largest absolute Gasteiger partial charge is 0.316 e. The number of hydrogen-bond donors (Lipinski definition) is 0. The predicted molar refractivity (Wildman–Crippen MR) is 77.5 cm³/mol. The maximum absolute atomic E-state index is 10.9. The van der Waals surface area contributed by atoms with Gasteiger partial charge in [0.25, 0.3) is 0 Å². The molecule has 1 radical (unpaired) electrons. The van der Waals surface area contributed by atoms with Crippen LogP contribution in [0.3, 0.4) is 0 Å². The first kappa shape index (κ1) is 14.7. The Labute approximate surface area is 111 Å². The number of benzene rings is 1. The van der Waals surface area contributed by atoms with E-state index in [0.717, 1.165) is 18.7 Å². The summed E-state index contributed by atoms with van der Waals surface area (Å²) in [5, 5.41) is 0. The maximum atomic E-state index is 10.9. The predicted octanol–water partition coefficient (Wildman–Crippen LogP) is 4.31. The molecule has 1 amide bonds. The van der Waals surface area contributed by atoms with Crippen molar-refractivity contribution in [2.24, 2.45) is 0 Å². The van der Waals surface area contributed by atoms with Gasteiger partial charge < -0.3 is 4.90 Å². The van der Waals surface area contributed by atoms with Crippen LogP contribution in [0.15, 0.2) is 30.3 Å². The van der Waals surface area contributed by atoms with Gasteiger partial charge in [-0.2, -0.15) is 0 Å². The first-order chi connectivity index (χ1) is 8.88. The number of anilines is 1. The number of rotatable bonds is 10. The molecule has 0 aliphatic carbocycles. The SMILES string of the molecule is CCCCCCCCCN([C]=O)c1ccccc1. The van der Waals surface area contributed by atoms with E-state index in [1.165, 1.54) is 38.5 Å². The van der Waals surface area contributed by atoms with Crippen molar-refractivity contribution < 1.29 is 4.79 Å². The molecule has 0 atom stereocenters. The van der Waals surface area contributed by atoms with Gasteiger partial charge in [0.15, 0.2) is 0 Å². The molecule has 0 N–H and O–H groups in total. The lowest BCUT2D eigenvalue weighted by Gasteiger charge is -2.15. The van der Waals surface area contributed by atoms with Gasteiger partial charge in [0.1, 0.15) is 0 Å². The maximum Gasteiger partial charge on any atom is 0.316 e. The molecule has 99 valence electrons. The average Bonchev–Trinajstić information content (AvgIpc) is 2.43. The highest BCUT2D eigenvalue weighted by Gasteiger charge is 2.04. The summed E-state index contributed by atoms with van der Waals surface area (Å²) in [6, 6.07) is 9.76. The van der Waals surface area contributed by atoms with Crippen LogP contribution in [-0.2, 0) is 4.79 Å². The van der Waals surface area contributed by atoms with Gasteiger partial charge in [0.05, 0.1) is 0 Å². The Morgan fingerprint density at radius 3 is 2.17 bits per heavy atom. The lowest BCUT2D eigenvalue weighted by molar-refractivity contribution is 0.546. The van der Waals surface area contributed by atoms with Crippen molar-refractivity contribution in [2.75, 3.05) is 11.4 Å². The van der Waals surface area contributed by atoms with Gasteiger partial charge in [0.2, 0.25) is 0 Å². The zero-order chi connectivity index (χ0) is 13.1. The van der Waals surface area contributed by atoms with Crippen molar-refractivity contribution in [1.82, 2.24) is 0 Å². The fraction of sp³-hybridized carbons (Fsp3) is 0.562. The fourth-order valence-electron chi connectivity index (χ4n) is 2.06. The molecular weight excluding hydrogens is 222 g/mol. The fourth-order valence-corrected chi connectivity index (χ4v) is 2.06. The Bertz CT molecular complexity index is 310. The van der Waals surface area contributed by atoms with Crippen LogP contribution in [0.4, 0.5) is 5.69 Å². The van der Waals surface area contributed by atoms with Gasteiger partial charge in [0, 0.05) is 12.2 Å². The standard InChI is InChI=1S/C16H24NO/c1-2-3-4-5-6-7-11-14-17(15-18)16-12-9-8-10-13-16/h8-10,12-13H,2-7,11,14H2,1H3. The van der Waals surface area contributed by atoms with E-state index in [-0.39, 0.29) is 0 Å². The molecular formula is C16H24NO. The van der Waals surface area contributed by atoms with E-state index in [1.807, 2.05) is 36.7 Å². The van der Waals surface area contributed by atoms with E-state index in [2.05, 4.69) is 6.92 Å². The highest BCUT2D eigenvalue weighted by molar-refractivity contribution is 5.75. The van der Waals surface area contributed by atoms with Crippen molar-refractivity contribution in [3.63, 3.8) is 0 Å². The van der Waals surface area contributed by atoms with Crippen molar-refractivity contribution in [3.8, 4) is 0 Å². The highest BCUT2D eigenvalue weighted by atomic mass is 16.1. The third kappa shape index (κ3) is 5.85. The third-order valence-electron chi connectivity index (χ3n) is 3.16. The first-order valence-electron chi connectivity index (χ1n) is 7.09. The van der Waals surface area contributed by atoms with E-state index in [9.17, 15) is 4.79 Å². The summed E-state index contributed by atoms with van der Waals surface area (Å²) in [4.78, 5) is 12.6. The van der Waals surface area contributed by atoms with Crippen molar-refractivity contribution >= 4 is 12.1 Å². The molecule has 0 aliphatic rings. The minimum Gasteiger partial charge on any atom is -0.304 e. The quantitative estimate of drug-likeness (QED) is 0.445. The van der Waals surface area contributed by atoms with Gasteiger partial charge in [-0.05, 0) is 18.6 Å². The Hall–Kier alpha value is -1.31. The van der Waals surface area contributed by atoms with Crippen LogP contribution in [0.25, 0.3) is 0 Å². The highest BCUT2D eigenvalue weighted by Crippen LogP contribution is 2.13. The lowest BCUT2D eigenvalue weighted by Crippen LogP contribution is -2.22. The molecule has 0 saturated heterocycles. The number of hydrogen-bond acceptors (Lipinski definition) is 1. The van der Waals surface area contributed by atoms with Crippen LogP contribution >= 0.6 is 0 Å². The monoisotopic (exact) mass is 246 g/mol. The van der Waals surface area contributed by atoms with E-state index >= 15 is 0 Å². The number of amides is 1. The zero-order valence-electron chi connectivity index (χ0n) is 11.4. The molecule has 2 nitrogen and oxygen atoms in total. The zero-order valence-corrected chi connectivity index (χ0v) is 11.4. The van der Waals surface area contributed by atoms with Crippen molar-refractivity contribution in [1.29, 1.82) is 0 Å². The number of para-hydroxylation sites is 1. The van der Waals surface area contributed by atoms with Crippen LogP contribution in [0, 0.1) is 0 Å². The summed E-state index contributed by atoms with van der Waals surface area (Å²) in [5.74, 6) is 0. The molecule has 0 bridgehead atoms. The van der Waals surface area contributed by atoms with Crippen LogP contribution in [-0.4, -0.2) is 13.0 Å². The van der Waals surface area contributed by atoms with Gasteiger partial charge in [-0.3, -0.25) is 4.79 Å². The van der Waals surface area contributed by atoms with E-state index in [4.69, 9.17) is 0 Å². The molecule has 0 spiro atoms. The topological polar surface area (TPSA) is 20.3 Å². The van der Waals surface area contributed by atoms with Crippen LogP contribution < -0.4 is 4.90 Å². The summed E-state index contributed by atoms with van der Waals surface area (Å²) in [7, 11) is 0. The first-order valence-corrected chi connectivity index (χ1v) is 7.09. The molecule has 0 heterocycles. The molecule has 1 aromatic rings. The summed E-state index contributed by atoms with van der Waals surface area (Å²) in [6.45, 7) is 3.01. The lowest BCUT2D eigenvalue weighted by atomic mass is 10.1. The van der Waals surface area contributed by atoms with E-state index < -0.39 is 0 Å². The molecule has 0 saturated carbocycles. The van der Waals surface area contributed by atoms with Gasteiger partial charge >= 0.3 is 6.41 Å². The number of carbonyl (C=O) groups excluding carboxylic acids is 1. The molecule has 0 fully saturated rings. The van der Waals surface area contributed by atoms with Crippen molar-refractivity contribution in [3.05, 3.63) is 30.3 Å². The summed E-state index contributed by atoms with van der Waals surface area (Å²) < 4.78 is 0. The van der Waals surface area contributed by atoms with Crippen molar-refractivity contribution in [2.45, 2.75) is 51.9 Å². The molecule has 2 heteroatoms. The summed E-state index contributed by atoms with van der Waals surface area (Å²) in [6.07, 6.45) is 10.9. The minimum atomic E-state index is 0.779. The minimum absolute atomic E-state index is 0.779. The van der Waals surface area contributed by atoms with Gasteiger partial charge in [-0.1, -0.05) is 63.6 Å².